The van der Waals surface area contributed by atoms with Crippen LogP contribution >= 0.6 is 11.6 Å². The summed E-state index contributed by atoms with van der Waals surface area (Å²) in [4.78, 5) is 4.14. The SMILES string of the molecule is CC(C)(CCO)CNc1ccc(Cl)cn1. The number of anilines is 1. The Kier molecular flexibility index (Phi) is 4.36. The van der Waals surface area contributed by atoms with E-state index in [0.717, 1.165) is 18.8 Å². The van der Waals surface area contributed by atoms with E-state index >= 15 is 0 Å². The second kappa shape index (κ2) is 5.33. The molecular formula is C11H17ClN2O. The maximum atomic E-state index is 8.87. The first-order chi connectivity index (χ1) is 7.03. The van der Waals surface area contributed by atoms with Crippen LogP contribution in [0.4, 0.5) is 5.82 Å². The monoisotopic (exact) mass is 228 g/mol. The average Bonchev–Trinajstić information content (AvgIpc) is 2.17. The van der Waals surface area contributed by atoms with Gasteiger partial charge in [-0.25, -0.2) is 4.98 Å². The summed E-state index contributed by atoms with van der Waals surface area (Å²) in [5.74, 6) is 0.811. The molecule has 0 bridgehead atoms. The minimum absolute atomic E-state index is 0.0655. The van der Waals surface area contributed by atoms with Crippen LogP contribution in [0.5, 0.6) is 0 Å². The van der Waals surface area contributed by atoms with Crippen molar-refractivity contribution in [2.24, 2.45) is 5.41 Å². The highest BCUT2D eigenvalue weighted by Gasteiger charge is 2.16. The van der Waals surface area contributed by atoms with E-state index in [1.807, 2.05) is 6.07 Å². The van der Waals surface area contributed by atoms with Crippen LogP contribution in [0.1, 0.15) is 20.3 Å². The molecule has 1 aromatic rings. The van der Waals surface area contributed by atoms with E-state index in [4.69, 9.17) is 16.7 Å². The molecule has 0 radical (unpaired) electrons. The average molecular weight is 229 g/mol. The number of halogens is 1. The summed E-state index contributed by atoms with van der Waals surface area (Å²) in [6.45, 7) is 5.20. The Balaban J connectivity index is 2.46. The fourth-order valence-corrected chi connectivity index (χ4v) is 1.31. The third-order valence-corrected chi connectivity index (χ3v) is 2.49. The molecule has 84 valence electrons. The normalized spacial score (nSPS) is 11.5. The van der Waals surface area contributed by atoms with Crippen molar-refractivity contribution in [3.8, 4) is 0 Å². The number of aliphatic hydroxyl groups is 1. The second-order valence-corrected chi connectivity index (χ2v) is 4.79. The molecule has 0 fully saturated rings. The third-order valence-electron chi connectivity index (χ3n) is 2.26. The van der Waals surface area contributed by atoms with Gasteiger partial charge in [-0.1, -0.05) is 25.4 Å². The maximum Gasteiger partial charge on any atom is 0.126 e. The van der Waals surface area contributed by atoms with E-state index in [2.05, 4.69) is 24.1 Å². The molecule has 0 unspecified atom stereocenters. The number of aromatic nitrogens is 1. The van der Waals surface area contributed by atoms with E-state index < -0.39 is 0 Å². The smallest absolute Gasteiger partial charge is 0.126 e. The van der Waals surface area contributed by atoms with Crippen LogP contribution in [-0.2, 0) is 0 Å². The van der Waals surface area contributed by atoms with E-state index in [9.17, 15) is 0 Å². The first-order valence-electron chi connectivity index (χ1n) is 5.00. The molecule has 0 spiro atoms. The predicted octanol–water partition coefficient (Wildman–Crippen LogP) is 2.56. The Hall–Kier alpha value is -0.800. The molecule has 2 N–H and O–H groups in total. The zero-order valence-corrected chi connectivity index (χ0v) is 9.88. The Morgan fingerprint density at radius 1 is 1.47 bits per heavy atom. The number of hydrogen-bond donors (Lipinski definition) is 2. The molecule has 0 atom stereocenters. The van der Waals surface area contributed by atoms with Crippen molar-refractivity contribution in [3.05, 3.63) is 23.4 Å². The summed E-state index contributed by atoms with van der Waals surface area (Å²) >= 11 is 5.73. The first kappa shape index (κ1) is 12.3. The van der Waals surface area contributed by atoms with Gasteiger partial charge in [-0.05, 0) is 24.0 Å². The lowest BCUT2D eigenvalue weighted by molar-refractivity contribution is 0.220. The van der Waals surface area contributed by atoms with Gasteiger partial charge in [-0.15, -0.1) is 0 Å². The number of aliphatic hydroxyl groups excluding tert-OH is 1. The summed E-state index contributed by atoms with van der Waals surface area (Å²) in [6, 6.07) is 3.65. The van der Waals surface area contributed by atoms with Gasteiger partial charge in [0.1, 0.15) is 5.82 Å². The van der Waals surface area contributed by atoms with Crippen LogP contribution in [0.2, 0.25) is 5.02 Å². The van der Waals surface area contributed by atoms with E-state index in [-0.39, 0.29) is 12.0 Å². The molecule has 0 aliphatic heterocycles. The zero-order valence-electron chi connectivity index (χ0n) is 9.13. The quantitative estimate of drug-likeness (QED) is 0.814. The Morgan fingerprint density at radius 2 is 2.20 bits per heavy atom. The molecule has 1 rings (SSSR count). The Labute approximate surface area is 95.5 Å². The molecule has 0 amide bonds. The molecule has 0 saturated carbocycles. The lowest BCUT2D eigenvalue weighted by atomic mass is 9.90. The van der Waals surface area contributed by atoms with Gasteiger partial charge in [-0.3, -0.25) is 0 Å². The second-order valence-electron chi connectivity index (χ2n) is 4.35. The van der Waals surface area contributed by atoms with Gasteiger partial charge in [0.2, 0.25) is 0 Å². The van der Waals surface area contributed by atoms with Gasteiger partial charge in [0.25, 0.3) is 0 Å². The van der Waals surface area contributed by atoms with Crippen molar-refractivity contribution in [2.45, 2.75) is 20.3 Å². The highest BCUT2D eigenvalue weighted by atomic mass is 35.5. The van der Waals surface area contributed by atoms with Gasteiger partial charge in [-0.2, -0.15) is 0 Å². The van der Waals surface area contributed by atoms with Crippen molar-refractivity contribution in [2.75, 3.05) is 18.5 Å². The fourth-order valence-electron chi connectivity index (χ4n) is 1.20. The number of hydrogen-bond acceptors (Lipinski definition) is 3. The molecule has 4 heteroatoms. The number of pyridine rings is 1. The van der Waals surface area contributed by atoms with Crippen LogP contribution in [-0.4, -0.2) is 23.2 Å². The van der Waals surface area contributed by atoms with Crippen LogP contribution < -0.4 is 5.32 Å². The highest BCUT2D eigenvalue weighted by molar-refractivity contribution is 6.30. The van der Waals surface area contributed by atoms with Gasteiger partial charge in [0.05, 0.1) is 5.02 Å². The zero-order chi connectivity index (χ0) is 11.3. The van der Waals surface area contributed by atoms with Crippen molar-refractivity contribution >= 4 is 17.4 Å². The first-order valence-corrected chi connectivity index (χ1v) is 5.37. The molecule has 15 heavy (non-hydrogen) atoms. The molecule has 1 aromatic heterocycles. The summed E-state index contributed by atoms with van der Waals surface area (Å²) in [7, 11) is 0. The van der Waals surface area contributed by atoms with E-state index in [1.54, 1.807) is 12.3 Å². The molecule has 3 nitrogen and oxygen atoms in total. The predicted molar refractivity (Wildman–Crippen MR) is 63.2 cm³/mol. The minimum Gasteiger partial charge on any atom is -0.396 e. The van der Waals surface area contributed by atoms with Gasteiger partial charge in [0.15, 0.2) is 0 Å². The number of rotatable bonds is 5. The van der Waals surface area contributed by atoms with Crippen molar-refractivity contribution < 1.29 is 5.11 Å². The molecule has 0 aliphatic carbocycles. The summed E-state index contributed by atoms with van der Waals surface area (Å²) < 4.78 is 0. The van der Waals surface area contributed by atoms with Crippen LogP contribution in [0, 0.1) is 5.41 Å². The lowest BCUT2D eigenvalue weighted by Crippen LogP contribution is -2.24. The van der Waals surface area contributed by atoms with Crippen LogP contribution in [0.15, 0.2) is 18.3 Å². The lowest BCUT2D eigenvalue weighted by Gasteiger charge is -2.24. The summed E-state index contributed by atoms with van der Waals surface area (Å²) in [5, 5.41) is 12.7. The maximum absolute atomic E-state index is 8.87. The van der Waals surface area contributed by atoms with E-state index in [1.165, 1.54) is 0 Å². The molecular weight excluding hydrogens is 212 g/mol. The summed E-state index contributed by atoms with van der Waals surface area (Å²) in [5.41, 5.74) is 0.0655. The van der Waals surface area contributed by atoms with Crippen molar-refractivity contribution in [3.63, 3.8) is 0 Å². The standard InChI is InChI=1S/C11H17ClN2O/c1-11(2,5-6-15)8-14-10-4-3-9(12)7-13-10/h3-4,7,15H,5-6,8H2,1-2H3,(H,13,14). The largest absolute Gasteiger partial charge is 0.396 e. The Bertz CT molecular complexity index is 298. The van der Waals surface area contributed by atoms with Crippen LogP contribution in [0.3, 0.4) is 0 Å². The fraction of sp³-hybridized carbons (Fsp3) is 0.545. The number of nitrogens with zero attached hydrogens (tertiary/aromatic N) is 1. The summed E-state index contributed by atoms with van der Waals surface area (Å²) in [6.07, 6.45) is 2.39. The van der Waals surface area contributed by atoms with Crippen molar-refractivity contribution in [1.82, 2.24) is 4.98 Å². The number of nitrogens with one attached hydrogen (secondary N) is 1. The Morgan fingerprint density at radius 3 is 2.73 bits per heavy atom. The van der Waals surface area contributed by atoms with E-state index in [0.29, 0.717) is 5.02 Å². The topological polar surface area (TPSA) is 45.1 Å². The minimum atomic E-state index is 0.0655. The molecule has 0 saturated heterocycles. The molecule has 0 aliphatic rings. The highest BCUT2D eigenvalue weighted by Crippen LogP contribution is 2.20. The van der Waals surface area contributed by atoms with Gasteiger partial charge < -0.3 is 10.4 Å². The third kappa shape index (κ3) is 4.49. The van der Waals surface area contributed by atoms with Gasteiger partial charge >= 0.3 is 0 Å². The van der Waals surface area contributed by atoms with Crippen molar-refractivity contribution in [1.29, 1.82) is 0 Å². The molecule has 1 heterocycles. The van der Waals surface area contributed by atoms with Gasteiger partial charge in [0, 0.05) is 19.3 Å². The molecule has 0 aromatic carbocycles. The van der Waals surface area contributed by atoms with Crippen LogP contribution in [0.25, 0.3) is 0 Å².